The molecule has 1 N–H and O–H groups in total. The lowest BCUT2D eigenvalue weighted by Gasteiger charge is -2.14. The van der Waals surface area contributed by atoms with E-state index in [1.165, 1.54) is 6.04 Å². The van der Waals surface area contributed by atoms with Gasteiger partial charge in [-0.2, -0.15) is 11.8 Å². The predicted octanol–water partition coefficient (Wildman–Crippen LogP) is 3.34. The topological polar surface area (TPSA) is 46.2 Å². The van der Waals surface area contributed by atoms with Crippen LogP contribution in [-0.2, 0) is 10.0 Å². The molecule has 0 fully saturated rings. The van der Waals surface area contributed by atoms with Crippen LogP contribution >= 0.6 is 11.8 Å². The molecule has 1 aromatic carbocycles. The van der Waals surface area contributed by atoms with Crippen LogP contribution in [-0.4, -0.2) is 34.5 Å². The zero-order valence-corrected chi connectivity index (χ0v) is 15.4. The second kappa shape index (κ2) is 7.63. The van der Waals surface area contributed by atoms with Gasteiger partial charge in [-0.25, -0.2) is 13.1 Å². The first-order chi connectivity index (χ1) is 9.21. The molecule has 0 atom stereocenters. The highest BCUT2D eigenvalue weighted by molar-refractivity contribution is 7.99. The van der Waals surface area contributed by atoms with Gasteiger partial charge in [-0.05, 0) is 30.9 Å². The standard InChI is InChI=1S/C14H25NO2S2Si/c1-13-5-7-14(8-6-13)19(16,17)15-9-10-18-11-12-20(2,3)4/h5-8,15H,9-12H2,1-4H3. The van der Waals surface area contributed by atoms with Crippen LogP contribution in [0.4, 0.5) is 0 Å². The molecule has 0 aliphatic heterocycles. The molecule has 0 aliphatic carbocycles. The van der Waals surface area contributed by atoms with E-state index in [1.54, 1.807) is 12.1 Å². The van der Waals surface area contributed by atoms with E-state index in [-0.39, 0.29) is 0 Å². The fraction of sp³-hybridized carbons (Fsp3) is 0.571. The van der Waals surface area contributed by atoms with Crippen LogP contribution in [0.5, 0.6) is 0 Å². The lowest BCUT2D eigenvalue weighted by Crippen LogP contribution is -2.26. The molecule has 1 aromatic rings. The molecule has 20 heavy (non-hydrogen) atoms. The first-order valence-electron chi connectivity index (χ1n) is 6.85. The van der Waals surface area contributed by atoms with Crippen LogP contribution in [0.25, 0.3) is 0 Å². The van der Waals surface area contributed by atoms with E-state index in [4.69, 9.17) is 0 Å². The Hall–Kier alpha value is -0.303. The van der Waals surface area contributed by atoms with Crippen molar-refractivity contribution in [1.29, 1.82) is 0 Å². The van der Waals surface area contributed by atoms with Crippen LogP contribution in [0.3, 0.4) is 0 Å². The van der Waals surface area contributed by atoms with Gasteiger partial charge < -0.3 is 0 Å². The van der Waals surface area contributed by atoms with Crippen LogP contribution in [0.1, 0.15) is 5.56 Å². The molecule has 0 unspecified atom stereocenters. The molecule has 0 radical (unpaired) electrons. The predicted molar refractivity (Wildman–Crippen MR) is 91.8 cm³/mol. The van der Waals surface area contributed by atoms with Gasteiger partial charge in [0, 0.05) is 20.4 Å². The number of thioether (sulfide) groups is 1. The Morgan fingerprint density at radius 3 is 2.25 bits per heavy atom. The Bertz CT molecular complexity index is 507. The Balaban J connectivity index is 2.32. The van der Waals surface area contributed by atoms with Gasteiger partial charge in [0.25, 0.3) is 0 Å². The van der Waals surface area contributed by atoms with Crippen molar-refractivity contribution in [3.63, 3.8) is 0 Å². The summed E-state index contributed by atoms with van der Waals surface area (Å²) >= 11 is 1.83. The highest BCUT2D eigenvalue weighted by Gasteiger charge is 2.14. The third-order valence-electron chi connectivity index (χ3n) is 2.87. The minimum Gasteiger partial charge on any atom is -0.210 e. The summed E-state index contributed by atoms with van der Waals surface area (Å²) in [7, 11) is -4.32. The van der Waals surface area contributed by atoms with E-state index in [0.717, 1.165) is 17.1 Å². The van der Waals surface area contributed by atoms with E-state index < -0.39 is 18.1 Å². The third kappa shape index (κ3) is 6.92. The number of sulfonamides is 1. The molecule has 0 bridgehead atoms. The summed E-state index contributed by atoms with van der Waals surface area (Å²) in [6.45, 7) is 9.50. The lowest BCUT2D eigenvalue weighted by molar-refractivity contribution is 0.584. The molecule has 0 aromatic heterocycles. The Kier molecular flexibility index (Phi) is 6.77. The van der Waals surface area contributed by atoms with Crippen LogP contribution in [0.15, 0.2) is 29.2 Å². The van der Waals surface area contributed by atoms with Crippen molar-refractivity contribution in [2.75, 3.05) is 18.1 Å². The van der Waals surface area contributed by atoms with Gasteiger partial charge in [-0.15, -0.1) is 0 Å². The number of benzene rings is 1. The van der Waals surface area contributed by atoms with Crippen molar-refractivity contribution in [1.82, 2.24) is 4.72 Å². The first kappa shape index (κ1) is 17.7. The number of nitrogens with one attached hydrogen (secondary N) is 1. The Labute approximate surface area is 128 Å². The molecule has 6 heteroatoms. The average Bonchev–Trinajstić information content (AvgIpc) is 2.33. The van der Waals surface area contributed by atoms with E-state index in [1.807, 2.05) is 30.8 Å². The number of hydrogen-bond acceptors (Lipinski definition) is 3. The molecule has 0 aliphatic rings. The quantitative estimate of drug-likeness (QED) is 0.587. The third-order valence-corrected chi connectivity index (χ3v) is 7.44. The van der Waals surface area contributed by atoms with Crippen LogP contribution < -0.4 is 4.72 Å². The van der Waals surface area contributed by atoms with Gasteiger partial charge in [-0.1, -0.05) is 37.3 Å². The Morgan fingerprint density at radius 2 is 1.70 bits per heavy atom. The molecule has 0 saturated heterocycles. The van der Waals surface area contributed by atoms with Gasteiger partial charge >= 0.3 is 0 Å². The SMILES string of the molecule is Cc1ccc(S(=O)(=O)NCCSCC[Si](C)(C)C)cc1. The maximum absolute atomic E-state index is 12.0. The molecule has 0 heterocycles. The molecule has 3 nitrogen and oxygen atoms in total. The van der Waals surface area contributed by atoms with Crippen molar-refractivity contribution >= 4 is 29.9 Å². The van der Waals surface area contributed by atoms with Crippen molar-refractivity contribution in [2.45, 2.75) is 37.5 Å². The van der Waals surface area contributed by atoms with Gasteiger partial charge in [0.05, 0.1) is 4.90 Å². The summed E-state index contributed by atoms with van der Waals surface area (Å²) in [5.41, 5.74) is 1.06. The fourth-order valence-corrected chi connectivity index (χ4v) is 6.17. The maximum Gasteiger partial charge on any atom is 0.240 e. The molecular weight excluding hydrogens is 306 g/mol. The minimum absolute atomic E-state index is 0.343. The van der Waals surface area contributed by atoms with Gasteiger partial charge in [0.1, 0.15) is 0 Å². The summed E-state index contributed by atoms with van der Waals surface area (Å²) in [6, 6.07) is 8.21. The minimum atomic E-state index is -3.35. The molecule has 114 valence electrons. The highest BCUT2D eigenvalue weighted by atomic mass is 32.2. The van der Waals surface area contributed by atoms with Crippen molar-refractivity contribution in [2.24, 2.45) is 0 Å². The van der Waals surface area contributed by atoms with Crippen molar-refractivity contribution in [3.8, 4) is 0 Å². The van der Waals surface area contributed by atoms with E-state index in [2.05, 4.69) is 24.4 Å². The monoisotopic (exact) mass is 331 g/mol. The largest absolute Gasteiger partial charge is 0.240 e. The van der Waals surface area contributed by atoms with Gasteiger partial charge in [-0.3, -0.25) is 0 Å². The lowest BCUT2D eigenvalue weighted by atomic mass is 10.2. The molecule has 0 spiro atoms. The molecule has 1 rings (SSSR count). The van der Waals surface area contributed by atoms with Crippen LogP contribution in [0.2, 0.25) is 25.7 Å². The average molecular weight is 332 g/mol. The van der Waals surface area contributed by atoms with Crippen molar-refractivity contribution < 1.29 is 8.42 Å². The fourth-order valence-electron chi connectivity index (χ4n) is 1.53. The normalized spacial score (nSPS) is 12.6. The van der Waals surface area contributed by atoms with Crippen molar-refractivity contribution in [3.05, 3.63) is 29.8 Å². The van der Waals surface area contributed by atoms with E-state index >= 15 is 0 Å². The second-order valence-electron chi connectivity index (χ2n) is 6.13. The van der Waals surface area contributed by atoms with Gasteiger partial charge in [0.2, 0.25) is 10.0 Å². The van der Waals surface area contributed by atoms with E-state index in [0.29, 0.717) is 11.4 Å². The second-order valence-corrected chi connectivity index (χ2v) is 14.7. The summed E-state index contributed by atoms with van der Waals surface area (Å²) in [4.78, 5) is 0.343. The summed E-state index contributed by atoms with van der Waals surface area (Å²) < 4.78 is 26.7. The Morgan fingerprint density at radius 1 is 1.10 bits per heavy atom. The summed E-state index contributed by atoms with van der Waals surface area (Å²) in [5, 5.41) is 0. The summed E-state index contributed by atoms with van der Waals surface area (Å²) in [5.74, 6) is 1.96. The molecule has 0 saturated carbocycles. The van der Waals surface area contributed by atoms with Gasteiger partial charge in [0.15, 0.2) is 0 Å². The molecule has 0 amide bonds. The zero-order chi connectivity index (χ0) is 15.2. The molecular formula is C14H25NO2S2Si. The number of rotatable bonds is 8. The van der Waals surface area contributed by atoms with E-state index in [9.17, 15) is 8.42 Å². The first-order valence-corrected chi connectivity index (χ1v) is 13.2. The summed E-state index contributed by atoms with van der Waals surface area (Å²) in [6.07, 6.45) is 0. The van der Waals surface area contributed by atoms with Crippen LogP contribution in [0, 0.1) is 6.92 Å². The smallest absolute Gasteiger partial charge is 0.210 e. The maximum atomic E-state index is 12.0. The zero-order valence-electron chi connectivity index (χ0n) is 12.8. The number of hydrogen-bond donors (Lipinski definition) is 1. The highest BCUT2D eigenvalue weighted by Crippen LogP contribution is 2.14. The number of aryl methyl sites for hydroxylation is 1.